The summed E-state index contributed by atoms with van der Waals surface area (Å²) in [6.45, 7) is 14.7. The van der Waals surface area contributed by atoms with Crippen molar-refractivity contribution >= 4 is 5.69 Å². The predicted molar refractivity (Wildman–Crippen MR) is 96.5 cm³/mol. The first kappa shape index (κ1) is 17.3. The molecule has 124 valence electrons. The second-order valence-corrected chi connectivity index (χ2v) is 6.37. The zero-order valence-electron chi connectivity index (χ0n) is 14.6. The molecule has 0 saturated carbocycles. The van der Waals surface area contributed by atoms with Crippen molar-refractivity contribution in [3.8, 4) is 0 Å². The Labute approximate surface area is 136 Å². The molecule has 0 radical (unpaired) electrons. The normalized spacial score (nSPS) is 16.9. The number of benzene rings is 1. The Hall–Kier alpha value is -1.06. The minimum atomic E-state index is 0.876. The molecule has 1 heterocycles. The van der Waals surface area contributed by atoms with Crippen LogP contribution in [0, 0.1) is 5.92 Å². The Bertz CT molecular complexity index is 403. The van der Waals surface area contributed by atoms with E-state index in [4.69, 9.17) is 0 Å². The van der Waals surface area contributed by atoms with Gasteiger partial charge in [0, 0.05) is 25.3 Å². The third-order valence-corrected chi connectivity index (χ3v) is 4.86. The Kier molecular flexibility index (Phi) is 7.20. The van der Waals surface area contributed by atoms with Crippen LogP contribution in [0.3, 0.4) is 0 Å². The van der Waals surface area contributed by atoms with Crippen LogP contribution in [-0.2, 0) is 6.54 Å². The molecule has 1 aliphatic heterocycles. The van der Waals surface area contributed by atoms with Crippen molar-refractivity contribution in [2.24, 2.45) is 5.92 Å². The smallest absolute Gasteiger partial charge is 0.0366 e. The summed E-state index contributed by atoms with van der Waals surface area (Å²) in [6.07, 6.45) is 2.68. The monoisotopic (exact) mass is 303 g/mol. The number of nitrogens with one attached hydrogen (secondary N) is 1. The Morgan fingerprint density at radius 1 is 1.05 bits per heavy atom. The fraction of sp³-hybridized carbons (Fsp3) is 0.684. The third-order valence-electron chi connectivity index (χ3n) is 4.86. The SMILES string of the molecule is CCNCC1CCN(Cc2ccc(N(CC)CC)cc2)CC1. The van der Waals surface area contributed by atoms with Gasteiger partial charge in [-0.3, -0.25) is 4.90 Å². The fourth-order valence-corrected chi connectivity index (χ4v) is 3.36. The van der Waals surface area contributed by atoms with Crippen LogP contribution in [-0.4, -0.2) is 44.2 Å². The Morgan fingerprint density at radius 2 is 1.68 bits per heavy atom. The molecule has 0 spiro atoms. The molecule has 0 amide bonds. The largest absolute Gasteiger partial charge is 0.372 e. The molecule has 0 bridgehead atoms. The topological polar surface area (TPSA) is 18.5 Å². The zero-order chi connectivity index (χ0) is 15.8. The van der Waals surface area contributed by atoms with Crippen molar-refractivity contribution in [3.05, 3.63) is 29.8 Å². The first-order valence-corrected chi connectivity index (χ1v) is 9.03. The van der Waals surface area contributed by atoms with Gasteiger partial charge in [-0.25, -0.2) is 0 Å². The van der Waals surface area contributed by atoms with Gasteiger partial charge >= 0.3 is 0 Å². The summed E-state index contributed by atoms with van der Waals surface area (Å²) < 4.78 is 0. The van der Waals surface area contributed by atoms with Gasteiger partial charge in [0.15, 0.2) is 0 Å². The van der Waals surface area contributed by atoms with Crippen LogP contribution in [0.4, 0.5) is 5.69 Å². The number of piperidine rings is 1. The number of hydrogen-bond acceptors (Lipinski definition) is 3. The van der Waals surface area contributed by atoms with Crippen molar-refractivity contribution in [3.63, 3.8) is 0 Å². The lowest BCUT2D eigenvalue weighted by atomic mass is 9.96. The molecule has 0 aliphatic carbocycles. The van der Waals surface area contributed by atoms with Crippen LogP contribution in [0.1, 0.15) is 39.2 Å². The van der Waals surface area contributed by atoms with Crippen molar-refractivity contribution in [1.29, 1.82) is 0 Å². The second kappa shape index (κ2) is 9.16. The van der Waals surface area contributed by atoms with Gasteiger partial charge in [-0.15, -0.1) is 0 Å². The molecular weight excluding hydrogens is 270 g/mol. The van der Waals surface area contributed by atoms with Crippen LogP contribution in [0.2, 0.25) is 0 Å². The highest BCUT2D eigenvalue weighted by molar-refractivity contribution is 5.47. The maximum atomic E-state index is 3.49. The summed E-state index contributed by atoms with van der Waals surface area (Å²) in [4.78, 5) is 5.00. The van der Waals surface area contributed by atoms with Crippen molar-refractivity contribution in [2.45, 2.75) is 40.2 Å². The number of anilines is 1. The summed E-state index contributed by atoms with van der Waals surface area (Å²) in [5, 5.41) is 3.49. The Balaban J connectivity index is 1.80. The third kappa shape index (κ3) is 4.99. The first-order chi connectivity index (χ1) is 10.8. The molecule has 22 heavy (non-hydrogen) atoms. The van der Waals surface area contributed by atoms with Crippen LogP contribution in [0.25, 0.3) is 0 Å². The van der Waals surface area contributed by atoms with Gasteiger partial charge in [0.05, 0.1) is 0 Å². The van der Waals surface area contributed by atoms with E-state index in [1.165, 1.54) is 43.7 Å². The maximum absolute atomic E-state index is 3.49. The standard InChI is InChI=1S/C19H33N3/c1-4-20-15-17-11-13-21(14-12-17)16-18-7-9-19(10-8-18)22(5-2)6-3/h7-10,17,20H,4-6,11-16H2,1-3H3. The van der Waals surface area contributed by atoms with E-state index in [9.17, 15) is 0 Å². The minimum Gasteiger partial charge on any atom is -0.372 e. The maximum Gasteiger partial charge on any atom is 0.0366 e. The lowest BCUT2D eigenvalue weighted by Crippen LogP contribution is -2.36. The highest BCUT2D eigenvalue weighted by atomic mass is 15.1. The Morgan fingerprint density at radius 3 is 2.23 bits per heavy atom. The van der Waals surface area contributed by atoms with Gasteiger partial charge in [0.1, 0.15) is 0 Å². The first-order valence-electron chi connectivity index (χ1n) is 9.03. The summed E-state index contributed by atoms with van der Waals surface area (Å²) in [5.74, 6) is 0.876. The van der Waals surface area contributed by atoms with E-state index in [2.05, 4.69) is 60.2 Å². The molecule has 0 unspecified atom stereocenters. The van der Waals surface area contributed by atoms with Gasteiger partial charge in [0.2, 0.25) is 0 Å². The molecule has 3 nitrogen and oxygen atoms in total. The predicted octanol–water partition coefficient (Wildman–Crippen LogP) is 3.35. The molecule has 1 aromatic carbocycles. The van der Waals surface area contributed by atoms with Gasteiger partial charge in [0.25, 0.3) is 0 Å². The average Bonchev–Trinajstić information content (AvgIpc) is 2.57. The van der Waals surface area contributed by atoms with Gasteiger partial charge < -0.3 is 10.2 Å². The molecular formula is C19H33N3. The molecule has 1 fully saturated rings. The molecule has 0 aromatic heterocycles. The summed E-state index contributed by atoms with van der Waals surface area (Å²) in [6, 6.07) is 9.16. The van der Waals surface area contributed by atoms with Gasteiger partial charge in [-0.1, -0.05) is 19.1 Å². The molecule has 1 aliphatic rings. The van der Waals surface area contributed by atoms with Crippen LogP contribution < -0.4 is 10.2 Å². The number of hydrogen-bond donors (Lipinski definition) is 1. The fourth-order valence-electron chi connectivity index (χ4n) is 3.36. The lowest BCUT2D eigenvalue weighted by molar-refractivity contribution is 0.176. The molecule has 1 aromatic rings. The van der Waals surface area contributed by atoms with Gasteiger partial charge in [-0.05, 0) is 76.5 Å². The molecule has 2 rings (SSSR count). The zero-order valence-corrected chi connectivity index (χ0v) is 14.6. The second-order valence-electron chi connectivity index (χ2n) is 6.37. The van der Waals surface area contributed by atoms with E-state index in [1.807, 2.05) is 0 Å². The summed E-state index contributed by atoms with van der Waals surface area (Å²) >= 11 is 0. The quantitative estimate of drug-likeness (QED) is 0.794. The van der Waals surface area contributed by atoms with E-state index < -0.39 is 0 Å². The molecule has 1 saturated heterocycles. The van der Waals surface area contributed by atoms with E-state index >= 15 is 0 Å². The van der Waals surface area contributed by atoms with Crippen LogP contribution in [0.5, 0.6) is 0 Å². The molecule has 0 atom stereocenters. The highest BCUT2D eigenvalue weighted by Crippen LogP contribution is 2.20. The number of likely N-dealkylation sites (tertiary alicyclic amines) is 1. The van der Waals surface area contributed by atoms with E-state index in [1.54, 1.807) is 0 Å². The minimum absolute atomic E-state index is 0.876. The highest BCUT2D eigenvalue weighted by Gasteiger charge is 2.18. The van der Waals surface area contributed by atoms with E-state index in [0.717, 1.165) is 32.1 Å². The summed E-state index contributed by atoms with van der Waals surface area (Å²) in [7, 11) is 0. The number of rotatable bonds is 8. The molecule has 3 heteroatoms. The van der Waals surface area contributed by atoms with Gasteiger partial charge in [-0.2, -0.15) is 0 Å². The van der Waals surface area contributed by atoms with E-state index in [-0.39, 0.29) is 0 Å². The lowest BCUT2D eigenvalue weighted by Gasteiger charge is -2.32. The van der Waals surface area contributed by atoms with Crippen LogP contribution >= 0.6 is 0 Å². The molecule has 1 N–H and O–H groups in total. The van der Waals surface area contributed by atoms with Crippen LogP contribution in [0.15, 0.2) is 24.3 Å². The van der Waals surface area contributed by atoms with Crippen molar-refractivity contribution in [2.75, 3.05) is 44.2 Å². The van der Waals surface area contributed by atoms with E-state index in [0.29, 0.717) is 0 Å². The van der Waals surface area contributed by atoms with Crippen molar-refractivity contribution < 1.29 is 0 Å². The summed E-state index contributed by atoms with van der Waals surface area (Å²) in [5.41, 5.74) is 2.79. The average molecular weight is 303 g/mol. The number of nitrogens with zero attached hydrogens (tertiary/aromatic N) is 2. The van der Waals surface area contributed by atoms with Crippen molar-refractivity contribution in [1.82, 2.24) is 10.2 Å².